The predicted molar refractivity (Wildman–Crippen MR) is 110 cm³/mol. The molecule has 1 fully saturated rings. The topological polar surface area (TPSA) is 62.3 Å². The molecule has 3 rings (SSSR count). The highest BCUT2D eigenvalue weighted by molar-refractivity contribution is 5.94. The summed E-state index contributed by atoms with van der Waals surface area (Å²) in [4.78, 5) is 31.0. The molecule has 0 aliphatic carbocycles. The molecule has 2 aromatic rings. The highest BCUT2D eigenvalue weighted by Gasteiger charge is 2.28. The van der Waals surface area contributed by atoms with Crippen molar-refractivity contribution in [2.24, 2.45) is 5.92 Å². The lowest BCUT2D eigenvalue weighted by atomic mass is 9.94. The Bertz CT molecular complexity index is 794. The minimum atomic E-state index is -0.0427. The Balaban J connectivity index is 1.51. The van der Waals surface area contributed by atoms with Gasteiger partial charge in [-0.15, -0.1) is 0 Å². The van der Waals surface area contributed by atoms with Crippen molar-refractivity contribution in [2.45, 2.75) is 45.6 Å². The standard InChI is InChI=1S/C23H29N3O2/c1-16(2)18-4-6-19(7-5-18)17(3)25-22(27)20-10-14-26(15-11-20)23(28)21-8-12-24-13-9-21/h4-9,12-13,16-17,20H,10-11,14-15H2,1-3H3,(H,25,27)/t17-/m0/s1. The van der Waals surface area contributed by atoms with Crippen LogP contribution in [0.4, 0.5) is 0 Å². The monoisotopic (exact) mass is 379 g/mol. The van der Waals surface area contributed by atoms with Gasteiger partial charge in [-0.1, -0.05) is 38.1 Å². The number of nitrogens with zero attached hydrogens (tertiary/aromatic N) is 2. The van der Waals surface area contributed by atoms with E-state index in [0.717, 1.165) is 5.56 Å². The molecule has 1 N–H and O–H groups in total. The molecule has 0 spiro atoms. The van der Waals surface area contributed by atoms with E-state index in [2.05, 4.69) is 48.4 Å². The normalized spacial score (nSPS) is 16.1. The van der Waals surface area contributed by atoms with Gasteiger partial charge in [-0.2, -0.15) is 0 Å². The molecule has 2 amide bonds. The second kappa shape index (κ2) is 9.00. The Morgan fingerprint density at radius 3 is 2.11 bits per heavy atom. The molecule has 28 heavy (non-hydrogen) atoms. The number of hydrogen-bond acceptors (Lipinski definition) is 3. The van der Waals surface area contributed by atoms with Crippen LogP contribution < -0.4 is 5.32 Å². The van der Waals surface area contributed by atoms with Gasteiger partial charge in [0.25, 0.3) is 5.91 Å². The lowest BCUT2D eigenvalue weighted by Crippen LogP contribution is -2.43. The maximum atomic E-state index is 12.7. The van der Waals surface area contributed by atoms with Gasteiger partial charge in [0.2, 0.25) is 5.91 Å². The van der Waals surface area contributed by atoms with Crippen LogP contribution in [0, 0.1) is 5.92 Å². The number of benzene rings is 1. The van der Waals surface area contributed by atoms with Crippen LogP contribution in [0.25, 0.3) is 0 Å². The van der Waals surface area contributed by atoms with E-state index in [1.54, 1.807) is 24.5 Å². The Morgan fingerprint density at radius 1 is 0.964 bits per heavy atom. The SMILES string of the molecule is CC(C)c1ccc([C@H](C)NC(=O)C2CCN(C(=O)c3ccncc3)CC2)cc1. The van der Waals surface area contributed by atoms with E-state index >= 15 is 0 Å². The summed E-state index contributed by atoms with van der Waals surface area (Å²) < 4.78 is 0. The van der Waals surface area contributed by atoms with E-state index < -0.39 is 0 Å². The van der Waals surface area contributed by atoms with Crippen molar-refractivity contribution in [3.63, 3.8) is 0 Å². The van der Waals surface area contributed by atoms with Gasteiger partial charge < -0.3 is 10.2 Å². The first kappa shape index (κ1) is 20.1. The fraction of sp³-hybridized carbons (Fsp3) is 0.435. The molecular formula is C23H29N3O2. The van der Waals surface area contributed by atoms with Crippen molar-refractivity contribution >= 4 is 11.8 Å². The van der Waals surface area contributed by atoms with E-state index in [1.165, 1.54) is 5.56 Å². The zero-order valence-electron chi connectivity index (χ0n) is 16.9. The van der Waals surface area contributed by atoms with Crippen LogP contribution in [-0.2, 0) is 4.79 Å². The lowest BCUT2D eigenvalue weighted by Gasteiger charge is -2.32. The maximum Gasteiger partial charge on any atom is 0.253 e. The summed E-state index contributed by atoms with van der Waals surface area (Å²) in [5, 5.41) is 3.14. The number of carbonyl (C=O) groups excluding carboxylic acids is 2. The number of pyridine rings is 1. The minimum Gasteiger partial charge on any atom is -0.349 e. The van der Waals surface area contributed by atoms with Crippen molar-refractivity contribution in [1.29, 1.82) is 0 Å². The first-order chi connectivity index (χ1) is 13.5. The van der Waals surface area contributed by atoms with Crippen molar-refractivity contribution in [3.8, 4) is 0 Å². The smallest absolute Gasteiger partial charge is 0.253 e. The average Bonchev–Trinajstić information content (AvgIpc) is 2.74. The van der Waals surface area contributed by atoms with Gasteiger partial charge in [-0.05, 0) is 48.9 Å². The van der Waals surface area contributed by atoms with E-state index in [-0.39, 0.29) is 23.8 Å². The first-order valence-corrected chi connectivity index (χ1v) is 10.0. The molecule has 1 aliphatic rings. The van der Waals surface area contributed by atoms with Gasteiger partial charge in [-0.25, -0.2) is 0 Å². The molecule has 0 saturated carbocycles. The predicted octanol–water partition coefficient (Wildman–Crippen LogP) is 3.93. The fourth-order valence-corrected chi connectivity index (χ4v) is 3.61. The molecule has 5 nitrogen and oxygen atoms in total. The van der Waals surface area contributed by atoms with Crippen LogP contribution >= 0.6 is 0 Å². The van der Waals surface area contributed by atoms with Crippen molar-refractivity contribution in [1.82, 2.24) is 15.2 Å². The fourth-order valence-electron chi connectivity index (χ4n) is 3.61. The molecule has 2 heterocycles. The van der Waals surface area contributed by atoms with Crippen LogP contribution in [0.15, 0.2) is 48.8 Å². The summed E-state index contributed by atoms with van der Waals surface area (Å²) >= 11 is 0. The average molecular weight is 380 g/mol. The maximum absolute atomic E-state index is 12.7. The molecule has 1 aromatic carbocycles. The Hall–Kier alpha value is -2.69. The van der Waals surface area contributed by atoms with Gasteiger partial charge in [0.15, 0.2) is 0 Å². The number of likely N-dealkylation sites (tertiary alicyclic amines) is 1. The number of piperidine rings is 1. The number of aromatic nitrogens is 1. The van der Waals surface area contributed by atoms with E-state index in [9.17, 15) is 9.59 Å². The van der Waals surface area contributed by atoms with Crippen LogP contribution in [0.1, 0.15) is 67.1 Å². The molecule has 1 atom stereocenters. The Morgan fingerprint density at radius 2 is 1.54 bits per heavy atom. The molecule has 0 bridgehead atoms. The number of amides is 2. The highest BCUT2D eigenvalue weighted by atomic mass is 16.2. The number of nitrogens with one attached hydrogen (secondary N) is 1. The van der Waals surface area contributed by atoms with Gasteiger partial charge in [0.05, 0.1) is 6.04 Å². The van der Waals surface area contributed by atoms with Crippen molar-refractivity contribution in [2.75, 3.05) is 13.1 Å². The summed E-state index contributed by atoms with van der Waals surface area (Å²) in [6.45, 7) is 7.58. The quantitative estimate of drug-likeness (QED) is 0.856. The van der Waals surface area contributed by atoms with Crippen LogP contribution in [0.2, 0.25) is 0 Å². The molecular weight excluding hydrogens is 350 g/mol. The molecule has 5 heteroatoms. The van der Waals surface area contributed by atoms with Gasteiger partial charge in [0, 0.05) is 37.0 Å². The molecule has 0 radical (unpaired) electrons. The van der Waals surface area contributed by atoms with E-state index in [4.69, 9.17) is 0 Å². The lowest BCUT2D eigenvalue weighted by molar-refractivity contribution is -0.126. The van der Waals surface area contributed by atoms with Crippen molar-refractivity contribution in [3.05, 3.63) is 65.5 Å². The zero-order valence-corrected chi connectivity index (χ0v) is 16.9. The number of carbonyl (C=O) groups is 2. The summed E-state index contributed by atoms with van der Waals surface area (Å²) in [6, 6.07) is 11.9. The highest BCUT2D eigenvalue weighted by Crippen LogP contribution is 2.22. The van der Waals surface area contributed by atoms with E-state index in [1.807, 2.05) is 11.8 Å². The molecule has 0 unspecified atom stereocenters. The van der Waals surface area contributed by atoms with Gasteiger partial charge in [-0.3, -0.25) is 14.6 Å². The third kappa shape index (κ3) is 4.77. The number of hydrogen-bond donors (Lipinski definition) is 1. The molecule has 1 saturated heterocycles. The third-order valence-corrected chi connectivity index (χ3v) is 5.54. The van der Waals surface area contributed by atoms with Crippen LogP contribution in [0.3, 0.4) is 0 Å². The van der Waals surface area contributed by atoms with Crippen LogP contribution in [-0.4, -0.2) is 34.8 Å². The van der Waals surface area contributed by atoms with E-state index in [0.29, 0.717) is 37.4 Å². The first-order valence-electron chi connectivity index (χ1n) is 10.0. The zero-order chi connectivity index (χ0) is 20.1. The Labute approximate surface area is 167 Å². The van der Waals surface area contributed by atoms with Gasteiger partial charge in [0.1, 0.15) is 0 Å². The molecule has 148 valence electrons. The second-order valence-corrected chi connectivity index (χ2v) is 7.85. The van der Waals surface area contributed by atoms with Gasteiger partial charge >= 0.3 is 0 Å². The van der Waals surface area contributed by atoms with Crippen molar-refractivity contribution < 1.29 is 9.59 Å². The summed E-state index contributed by atoms with van der Waals surface area (Å²) in [5.74, 6) is 0.550. The summed E-state index contributed by atoms with van der Waals surface area (Å²) in [6.07, 6.45) is 4.65. The summed E-state index contributed by atoms with van der Waals surface area (Å²) in [7, 11) is 0. The van der Waals surface area contributed by atoms with Crippen LogP contribution in [0.5, 0.6) is 0 Å². The molecule has 1 aliphatic heterocycles. The molecule has 1 aromatic heterocycles. The second-order valence-electron chi connectivity index (χ2n) is 7.85. The largest absolute Gasteiger partial charge is 0.349 e. The minimum absolute atomic E-state index is 0.0138. The Kier molecular flexibility index (Phi) is 6.45. The third-order valence-electron chi connectivity index (χ3n) is 5.54. The number of rotatable bonds is 5. The summed E-state index contributed by atoms with van der Waals surface area (Å²) in [5.41, 5.74) is 3.06.